The highest BCUT2D eigenvalue weighted by molar-refractivity contribution is 7.89. The normalized spacial score (nSPS) is 15.2. The summed E-state index contributed by atoms with van der Waals surface area (Å²) in [5, 5.41) is 2.59. The van der Waals surface area contributed by atoms with Gasteiger partial charge in [0.15, 0.2) is 6.61 Å². The van der Waals surface area contributed by atoms with E-state index in [0.717, 1.165) is 19.3 Å². The monoisotopic (exact) mass is 354 g/mol. The van der Waals surface area contributed by atoms with Gasteiger partial charge in [0.05, 0.1) is 10.5 Å². The van der Waals surface area contributed by atoms with E-state index in [2.05, 4.69) is 5.32 Å². The number of sulfonamides is 1. The van der Waals surface area contributed by atoms with Crippen LogP contribution in [0.15, 0.2) is 29.2 Å². The van der Waals surface area contributed by atoms with Crippen molar-refractivity contribution in [3.63, 3.8) is 0 Å². The van der Waals surface area contributed by atoms with E-state index in [-0.39, 0.29) is 23.0 Å². The average molecular weight is 354 g/mol. The molecule has 7 nitrogen and oxygen atoms in total. The molecule has 1 amide bonds. The summed E-state index contributed by atoms with van der Waals surface area (Å²) in [7, 11) is -3.59. The van der Waals surface area contributed by atoms with Crippen LogP contribution in [0.1, 0.15) is 36.5 Å². The molecule has 1 aromatic rings. The number of nitrogens with one attached hydrogen (secondary N) is 1. The molecular weight excluding hydrogens is 332 g/mol. The smallest absolute Gasteiger partial charge is 0.338 e. The van der Waals surface area contributed by atoms with Crippen molar-refractivity contribution in [2.75, 3.05) is 26.2 Å². The van der Waals surface area contributed by atoms with E-state index >= 15 is 0 Å². The molecule has 1 heterocycles. The second kappa shape index (κ2) is 8.25. The molecule has 1 aliphatic rings. The van der Waals surface area contributed by atoms with Crippen LogP contribution in [0.2, 0.25) is 0 Å². The zero-order chi connectivity index (χ0) is 17.6. The number of nitrogens with zero attached hydrogens (tertiary/aromatic N) is 1. The molecule has 0 aliphatic carbocycles. The summed E-state index contributed by atoms with van der Waals surface area (Å²) in [5.41, 5.74) is 0.110. The van der Waals surface area contributed by atoms with Gasteiger partial charge in [0.25, 0.3) is 5.91 Å². The van der Waals surface area contributed by atoms with Crippen LogP contribution in [0.3, 0.4) is 0 Å². The van der Waals surface area contributed by atoms with Crippen molar-refractivity contribution in [1.82, 2.24) is 9.62 Å². The number of esters is 1. The molecule has 0 saturated carbocycles. The largest absolute Gasteiger partial charge is 0.452 e. The van der Waals surface area contributed by atoms with Crippen molar-refractivity contribution < 1.29 is 22.7 Å². The van der Waals surface area contributed by atoms with Crippen molar-refractivity contribution in [3.8, 4) is 0 Å². The Morgan fingerprint density at radius 1 is 1.25 bits per heavy atom. The molecule has 0 spiro atoms. The summed E-state index contributed by atoms with van der Waals surface area (Å²) < 4.78 is 31.3. The Balaban J connectivity index is 2.04. The topological polar surface area (TPSA) is 92.8 Å². The van der Waals surface area contributed by atoms with E-state index < -0.39 is 16.0 Å². The molecule has 1 fully saturated rings. The standard InChI is InChI=1S/C16H22N2O5S/c1-2-8-17-15(19)12-23-16(20)13-6-5-7-14(11-13)24(21,22)18-9-3-4-10-18/h5-7,11H,2-4,8-10,12H2,1H3,(H,17,19). The van der Waals surface area contributed by atoms with Crippen LogP contribution in [-0.4, -0.2) is 50.8 Å². The minimum atomic E-state index is -3.59. The first-order chi connectivity index (χ1) is 11.4. The maximum Gasteiger partial charge on any atom is 0.338 e. The number of rotatable bonds is 7. The third kappa shape index (κ3) is 4.55. The van der Waals surface area contributed by atoms with Gasteiger partial charge in [0, 0.05) is 19.6 Å². The van der Waals surface area contributed by atoms with Gasteiger partial charge in [-0.1, -0.05) is 13.0 Å². The van der Waals surface area contributed by atoms with Crippen molar-refractivity contribution in [2.24, 2.45) is 0 Å². The molecule has 132 valence electrons. The Morgan fingerprint density at radius 2 is 1.96 bits per heavy atom. The summed E-state index contributed by atoms with van der Waals surface area (Å²) in [6.07, 6.45) is 2.47. The molecule has 24 heavy (non-hydrogen) atoms. The second-order valence-corrected chi connectivity index (χ2v) is 7.50. The minimum absolute atomic E-state index is 0.0642. The van der Waals surface area contributed by atoms with E-state index in [1.165, 1.54) is 28.6 Å². The molecule has 2 rings (SSSR count). The van der Waals surface area contributed by atoms with E-state index in [4.69, 9.17) is 4.74 Å². The van der Waals surface area contributed by atoms with Crippen molar-refractivity contribution in [1.29, 1.82) is 0 Å². The first-order valence-electron chi connectivity index (χ1n) is 7.99. The third-order valence-corrected chi connectivity index (χ3v) is 5.57. The number of carbonyl (C=O) groups is 2. The number of carbonyl (C=O) groups excluding carboxylic acids is 2. The van der Waals surface area contributed by atoms with Crippen LogP contribution in [0.4, 0.5) is 0 Å². The highest BCUT2D eigenvalue weighted by atomic mass is 32.2. The highest BCUT2D eigenvalue weighted by Gasteiger charge is 2.27. The zero-order valence-corrected chi connectivity index (χ0v) is 14.5. The van der Waals surface area contributed by atoms with Crippen LogP contribution < -0.4 is 5.32 Å². The molecular formula is C16H22N2O5S. The van der Waals surface area contributed by atoms with Crippen LogP contribution >= 0.6 is 0 Å². The van der Waals surface area contributed by atoms with Gasteiger partial charge in [-0.15, -0.1) is 0 Å². The Labute approximate surface area is 142 Å². The van der Waals surface area contributed by atoms with Crippen LogP contribution in [0.25, 0.3) is 0 Å². The van der Waals surface area contributed by atoms with E-state index in [0.29, 0.717) is 19.6 Å². The van der Waals surface area contributed by atoms with E-state index in [1.54, 1.807) is 0 Å². The molecule has 8 heteroatoms. The Kier molecular flexibility index (Phi) is 6.33. The molecule has 0 radical (unpaired) electrons. The van der Waals surface area contributed by atoms with Gasteiger partial charge in [-0.2, -0.15) is 4.31 Å². The lowest BCUT2D eigenvalue weighted by Crippen LogP contribution is -2.29. The SMILES string of the molecule is CCCNC(=O)COC(=O)c1cccc(S(=O)(=O)N2CCCC2)c1. The highest BCUT2D eigenvalue weighted by Crippen LogP contribution is 2.21. The number of ether oxygens (including phenoxy) is 1. The van der Waals surface area contributed by atoms with Gasteiger partial charge in [-0.25, -0.2) is 13.2 Å². The molecule has 0 bridgehead atoms. The van der Waals surface area contributed by atoms with Gasteiger partial charge >= 0.3 is 5.97 Å². The first-order valence-corrected chi connectivity index (χ1v) is 9.43. The van der Waals surface area contributed by atoms with Gasteiger partial charge in [0.2, 0.25) is 10.0 Å². The Morgan fingerprint density at radius 3 is 2.62 bits per heavy atom. The zero-order valence-electron chi connectivity index (χ0n) is 13.7. The maximum atomic E-state index is 12.5. The van der Waals surface area contributed by atoms with Crippen molar-refractivity contribution in [3.05, 3.63) is 29.8 Å². The van der Waals surface area contributed by atoms with E-state index in [9.17, 15) is 18.0 Å². The molecule has 0 unspecified atom stereocenters. The number of benzene rings is 1. The van der Waals surface area contributed by atoms with Gasteiger partial charge in [-0.3, -0.25) is 4.79 Å². The molecule has 1 saturated heterocycles. The summed E-state index contributed by atoms with van der Waals surface area (Å²) >= 11 is 0. The fourth-order valence-electron chi connectivity index (χ4n) is 2.39. The quantitative estimate of drug-likeness (QED) is 0.742. The van der Waals surface area contributed by atoms with Crippen molar-refractivity contribution >= 4 is 21.9 Å². The molecule has 1 aromatic carbocycles. The minimum Gasteiger partial charge on any atom is -0.452 e. The average Bonchev–Trinajstić information content (AvgIpc) is 3.13. The fourth-order valence-corrected chi connectivity index (χ4v) is 3.95. The molecule has 1 aliphatic heterocycles. The van der Waals surface area contributed by atoms with E-state index in [1.807, 2.05) is 6.92 Å². The predicted molar refractivity (Wildman–Crippen MR) is 88.0 cm³/mol. The maximum absolute atomic E-state index is 12.5. The third-order valence-electron chi connectivity index (χ3n) is 3.68. The first kappa shape index (κ1) is 18.4. The second-order valence-electron chi connectivity index (χ2n) is 5.57. The lowest BCUT2D eigenvalue weighted by atomic mass is 10.2. The predicted octanol–water partition coefficient (Wildman–Crippen LogP) is 1.15. The van der Waals surface area contributed by atoms with Crippen molar-refractivity contribution in [2.45, 2.75) is 31.1 Å². The molecule has 0 aromatic heterocycles. The summed E-state index contributed by atoms with van der Waals surface area (Å²) in [4.78, 5) is 23.5. The Hall–Kier alpha value is -1.93. The fraction of sp³-hybridized carbons (Fsp3) is 0.500. The van der Waals surface area contributed by atoms with Gasteiger partial charge in [-0.05, 0) is 37.5 Å². The van der Waals surface area contributed by atoms with Gasteiger partial charge in [0.1, 0.15) is 0 Å². The summed E-state index contributed by atoms with van der Waals surface area (Å²) in [6, 6.07) is 5.71. The van der Waals surface area contributed by atoms with Crippen LogP contribution in [-0.2, 0) is 19.6 Å². The summed E-state index contributed by atoms with van der Waals surface area (Å²) in [6.45, 7) is 3.03. The lowest BCUT2D eigenvalue weighted by Gasteiger charge is -2.15. The number of hydrogen-bond acceptors (Lipinski definition) is 5. The Bertz CT molecular complexity index is 696. The molecule has 1 N–H and O–H groups in total. The summed E-state index contributed by atoms with van der Waals surface area (Å²) in [5.74, 6) is -1.11. The van der Waals surface area contributed by atoms with Gasteiger partial charge < -0.3 is 10.1 Å². The number of hydrogen-bond donors (Lipinski definition) is 1. The number of amides is 1. The lowest BCUT2D eigenvalue weighted by molar-refractivity contribution is -0.124. The molecule has 0 atom stereocenters. The van der Waals surface area contributed by atoms with Crippen LogP contribution in [0, 0.1) is 0 Å². The van der Waals surface area contributed by atoms with Crippen LogP contribution in [0.5, 0.6) is 0 Å².